The molecule has 1 aliphatic heterocycles. The minimum Gasteiger partial charge on any atom is -0.338 e. The van der Waals surface area contributed by atoms with Crippen molar-refractivity contribution in [1.82, 2.24) is 4.98 Å². The number of aromatic nitrogens is 1. The van der Waals surface area contributed by atoms with E-state index in [0.29, 0.717) is 0 Å². The first kappa shape index (κ1) is 13.2. The van der Waals surface area contributed by atoms with Gasteiger partial charge in [0.2, 0.25) is 0 Å². The zero-order valence-electron chi connectivity index (χ0n) is 9.06. The fourth-order valence-corrected chi connectivity index (χ4v) is 2.43. The van der Waals surface area contributed by atoms with Crippen LogP contribution in [0.5, 0.6) is 0 Å². The third-order valence-electron chi connectivity index (χ3n) is 2.13. The van der Waals surface area contributed by atoms with Gasteiger partial charge < -0.3 is 5.32 Å². The average Bonchev–Trinajstić information content (AvgIpc) is 2.35. The monoisotopic (exact) mass is 298 g/mol. The summed E-state index contributed by atoms with van der Waals surface area (Å²) in [7, 11) is 0. The van der Waals surface area contributed by atoms with Crippen molar-refractivity contribution in [3.63, 3.8) is 0 Å². The molecule has 18 heavy (non-hydrogen) atoms. The number of hydrogen-bond donors (Lipinski definition) is 1. The summed E-state index contributed by atoms with van der Waals surface area (Å²) in [4.78, 5) is 15.7. The molecule has 0 unspecified atom stereocenters. The number of nitrogens with zero attached hydrogens (tertiary/aromatic N) is 1. The molecule has 0 spiro atoms. The van der Waals surface area contributed by atoms with Crippen LogP contribution >= 0.6 is 35.0 Å². The maximum atomic E-state index is 8.98. The molecule has 0 amide bonds. The normalized spacial score (nSPS) is 11.2. The number of halogens is 2. The number of pyridine rings is 1. The van der Waals surface area contributed by atoms with E-state index in [1.54, 1.807) is 18.0 Å². The predicted octanol–water partition coefficient (Wildman–Crippen LogP) is 4.87. The maximum Gasteiger partial charge on any atom is 0.313 e. The summed E-state index contributed by atoms with van der Waals surface area (Å²) < 4.78 is -0.889. The van der Waals surface area contributed by atoms with E-state index in [0.717, 1.165) is 11.5 Å². The molecule has 2 aromatic rings. The van der Waals surface area contributed by atoms with Crippen molar-refractivity contribution in [3.05, 3.63) is 42.6 Å². The molecule has 0 saturated carbocycles. The Morgan fingerprint density at radius 2 is 1.78 bits per heavy atom. The quantitative estimate of drug-likeness (QED) is 0.601. The molecule has 0 saturated heterocycles. The number of fused-ring (bicyclic) bond motifs is 2. The van der Waals surface area contributed by atoms with Gasteiger partial charge in [0.1, 0.15) is 5.82 Å². The molecule has 0 bridgehead atoms. The summed E-state index contributed by atoms with van der Waals surface area (Å²) in [6.07, 6.45) is 1.81. The Hall–Kier alpha value is -1.23. The molecule has 2 heterocycles. The SMILES string of the molecule is O=C(Cl)Cl.c1ccc2c(c1)Nc1ncccc1S2. The fraction of sp³-hybridized carbons (Fsp3) is 0. The summed E-state index contributed by atoms with van der Waals surface area (Å²) in [6, 6.07) is 12.3. The predicted molar refractivity (Wildman–Crippen MR) is 75.2 cm³/mol. The highest BCUT2D eigenvalue weighted by atomic mass is 35.5. The van der Waals surface area contributed by atoms with E-state index in [1.807, 2.05) is 12.1 Å². The van der Waals surface area contributed by atoms with Gasteiger partial charge in [-0.15, -0.1) is 0 Å². The fourth-order valence-electron chi connectivity index (χ4n) is 1.47. The highest BCUT2D eigenvalue weighted by Gasteiger charge is 2.14. The molecule has 3 nitrogen and oxygen atoms in total. The number of nitrogens with one attached hydrogen (secondary N) is 1. The first-order chi connectivity index (χ1) is 8.66. The molecule has 3 rings (SSSR count). The smallest absolute Gasteiger partial charge is 0.313 e. The summed E-state index contributed by atoms with van der Waals surface area (Å²) in [5.74, 6) is 0.955. The first-order valence-corrected chi connectivity index (χ1v) is 6.58. The lowest BCUT2D eigenvalue weighted by atomic mass is 10.3. The molecule has 1 N–H and O–H groups in total. The number of hydrogen-bond acceptors (Lipinski definition) is 4. The number of para-hydroxylation sites is 1. The molecule has 1 aromatic heterocycles. The van der Waals surface area contributed by atoms with Gasteiger partial charge in [-0.1, -0.05) is 23.9 Å². The van der Waals surface area contributed by atoms with Crippen molar-refractivity contribution in [2.24, 2.45) is 0 Å². The molecule has 0 aliphatic carbocycles. The molecule has 0 radical (unpaired) electrons. The number of anilines is 2. The van der Waals surface area contributed by atoms with Crippen molar-refractivity contribution in [2.75, 3.05) is 5.32 Å². The van der Waals surface area contributed by atoms with Crippen molar-refractivity contribution in [2.45, 2.75) is 9.79 Å². The van der Waals surface area contributed by atoms with E-state index in [9.17, 15) is 0 Å². The van der Waals surface area contributed by atoms with Crippen molar-refractivity contribution >= 4 is 51.2 Å². The lowest BCUT2D eigenvalue weighted by Crippen LogP contribution is -2.00. The van der Waals surface area contributed by atoms with Gasteiger partial charge >= 0.3 is 4.70 Å². The lowest BCUT2D eigenvalue weighted by molar-refractivity contribution is 0.275. The van der Waals surface area contributed by atoms with Crippen LogP contribution in [0.2, 0.25) is 0 Å². The van der Waals surface area contributed by atoms with Crippen LogP contribution in [0.1, 0.15) is 0 Å². The maximum absolute atomic E-state index is 8.98. The van der Waals surface area contributed by atoms with Gasteiger partial charge in [0.05, 0.1) is 10.6 Å². The number of carbonyl (C=O) groups excluding carboxylic acids is 1. The molecule has 1 aromatic carbocycles. The van der Waals surface area contributed by atoms with E-state index in [2.05, 4.69) is 57.8 Å². The van der Waals surface area contributed by atoms with Gasteiger partial charge in [0, 0.05) is 11.1 Å². The Morgan fingerprint density at radius 1 is 1.11 bits per heavy atom. The van der Waals surface area contributed by atoms with Crippen LogP contribution in [-0.2, 0) is 0 Å². The molecule has 6 heteroatoms. The van der Waals surface area contributed by atoms with Gasteiger partial charge in [0.25, 0.3) is 0 Å². The second-order valence-corrected chi connectivity index (χ2v) is 5.26. The van der Waals surface area contributed by atoms with Crippen LogP contribution in [0.4, 0.5) is 16.3 Å². The van der Waals surface area contributed by atoms with Crippen LogP contribution in [0, 0.1) is 0 Å². The zero-order chi connectivity index (χ0) is 13.0. The number of rotatable bonds is 0. The van der Waals surface area contributed by atoms with Crippen LogP contribution in [-0.4, -0.2) is 9.69 Å². The molecular formula is C12H8Cl2N2OS. The highest BCUT2D eigenvalue weighted by Crippen LogP contribution is 2.42. The summed E-state index contributed by atoms with van der Waals surface area (Å²) in [5, 5.41) is 3.31. The first-order valence-electron chi connectivity index (χ1n) is 5.00. The second-order valence-electron chi connectivity index (χ2n) is 3.30. The third-order valence-corrected chi connectivity index (χ3v) is 3.26. The Bertz CT molecular complexity index is 486. The topological polar surface area (TPSA) is 42.0 Å². The molecular weight excluding hydrogens is 291 g/mol. The van der Waals surface area contributed by atoms with Gasteiger partial charge in [0.15, 0.2) is 0 Å². The number of benzene rings is 1. The molecule has 0 atom stereocenters. The highest BCUT2D eigenvalue weighted by molar-refractivity contribution is 7.99. The minimum atomic E-state index is -0.889. The Morgan fingerprint density at radius 3 is 2.56 bits per heavy atom. The average molecular weight is 299 g/mol. The van der Waals surface area contributed by atoms with Crippen LogP contribution in [0.25, 0.3) is 0 Å². The van der Waals surface area contributed by atoms with E-state index >= 15 is 0 Å². The van der Waals surface area contributed by atoms with E-state index in [4.69, 9.17) is 4.79 Å². The molecule has 92 valence electrons. The largest absolute Gasteiger partial charge is 0.338 e. The van der Waals surface area contributed by atoms with Crippen LogP contribution < -0.4 is 5.32 Å². The van der Waals surface area contributed by atoms with Crippen molar-refractivity contribution in [3.8, 4) is 0 Å². The van der Waals surface area contributed by atoms with Crippen molar-refractivity contribution in [1.29, 1.82) is 0 Å². The van der Waals surface area contributed by atoms with Gasteiger partial charge in [-0.05, 0) is 47.5 Å². The second kappa shape index (κ2) is 6.09. The van der Waals surface area contributed by atoms with Crippen LogP contribution in [0.3, 0.4) is 0 Å². The third kappa shape index (κ3) is 3.38. The molecule has 0 fully saturated rings. The van der Waals surface area contributed by atoms with Crippen LogP contribution in [0.15, 0.2) is 52.4 Å². The van der Waals surface area contributed by atoms with E-state index < -0.39 is 4.70 Å². The van der Waals surface area contributed by atoms with Gasteiger partial charge in [-0.3, -0.25) is 4.79 Å². The minimum absolute atomic E-state index is 0.889. The van der Waals surface area contributed by atoms with E-state index in [-0.39, 0.29) is 0 Å². The van der Waals surface area contributed by atoms with Gasteiger partial charge in [-0.25, -0.2) is 4.98 Å². The Labute approximate surface area is 119 Å². The number of carbonyl (C=O) groups is 1. The van der Waals surface area contributed by atoms with Gasteiger partial charge in [-0.2, -0.15) is 0 Å². The summed E-state index contributed by atoms with van der Waals surface area (Å²) in [5.41, 5.74) is 1.14. The lowest BCUT2D eigenvalue weighted by Gasteiger charge is -2.18. The summed E-state index contributed by atoms with van der Waals surface area (Å²) >= 11 is 10.6. The summed E-state index contributed by atoms with van der Waals surface area (Å²) in [6.45, 7) is 0. The standard InChI is InChI=1S/C11H8N2S.CCl2O/c1-2-5-9-8(4-1)13-11-10(14-9)6-3-7-12-11;2-1(3)4/h1-7H,(H,12,13);. The molecule has 1 aliphatic rings. The zero-order valence-corrected chi connectivity index (χ0v) is 11.4. The van der Waals surface area contributed by atoms with E-state index in [1.165, 1.54) is 9.79 Å². The van der Waals surface area contributed by atoms with Crippen molar-refractivity contribution < 1.29 is 4.79 Å². The Kier molecular flexibility index (Phi) is 4.47. The Balaban J connectivity index is 0.000000267.